The van der Waals surface area contributed by atoms with Gasteiger partial charge < -0.3 is 5.32 Å². The molecule has 0 unspecified atom stereocenters. The van der Waals surface area contributed by atoms with Gasteiger partial charge in [0.25, 0.3) is 0 Å². The van der Waals surface area contributed by atoms with Gasteiger partial charge in [0.05, 0.1) is 0 Å². The molecular weight excluding hydrogens is 174 g/mol. The Hall–Kier alpha value is -0.530. The summed E-state index contributed by atoms with van der Waals surface area (Å²) < 4.78 is 0. The van der Waals surface area contributed by atoms with Gasteiger partial charge in [-0.2, -0.15) is 0 Å². The molecule has 0 heterocycles. The first-order chi connectivity index (χ1) is 6.52. The normalized spacial score (nSPS) is 11.0. The summed E-state index contributed by atoms with van der Waals surface area (Å²) in [5.74, 6) is 1.57. The molecular formula is C12H25NO. The smallest absolute Gasteiger partial charge is 0.220 e. The SMILES string of the molecule is CC(C)CCCNC(=O)CCC(C)C. The fourth-order valence-corrected chi connectivity index (χ4v) is 1.25. The van der Waals surface area contributed by atoms with Gasteiger partial charge in [-0.3, -0.25) is 4.79 Å². The molecule has 0 rings (SSSR count). The largest absolute Gasteiger partial charge is 0.356 e. The molecule has 0 fully saturated rings. The van der Waals surface area contributed by atoms with Crippen molar-refractivity contribution in [3.05, 3.63) is 0 Å². The zero-order valence-electron chi connectivity index (χ0n) is 10.1. The van der Waals surface area contributed by atoms with Gasteiger partial charge in [0.1, 0.15) is 0 Å². The molecule has 0 aromatic heterocycles. The molecule has 84 valence electrons. The van der Waals surface area contributed by atoms with Crippen molar-refractivity contribution in [1.29, 1.82) is 0 Å². The maximum Gasteiger partial charge on any atom is 0.220 e. The maximum atomic E-state index is 11.3. The van der Waals surface area contributed by atoms with E-state index in [1.807, 2.05) is 0 Å². The number of rotatable bonds is 7. The molecule has 0 radical (unpaired) electrons. The van der Waals surface area contributed by atoms with Crippen LogP contribution in [0.1, 0.15) is 53.4 Å². The number of amides is 1. The summed E-state index contributed by atoms with van der Waals surface area (Å²) in [5.41, 5.74) is 0. The van der Waals surface area contributed by atoms with Crippen LogP contribution in [0, 0.1) is 11.8 Å². The van der Waals surface area contributed by atoms with E-state index in [0.29, 0.717) is 12.3 Å². The van der Waals surface area contributed by atoms with E-state index in [0.717, 1.165) is 25.3 Å². The number of hydrogen-bond donors (Lipinski definition) is 1. The Balaban J connectivity index is 3.27. The fourth-order valence-electron chi connectivity index (χ4n) is 1.25. The lowest BCUT2D eigenvalue weighted by atomic mass is 10.1. The predicted octanol–water partition coefficient (Wildman–Crippen LogP) is 2.98. The third-order valence-electron chi connectivity index (χ3n) is 2.23. The minimum atomic E-state index is 0.211. The summed E-state index contributed by atoms with van der Waals surface area (Å²) in [5, 5.41) is 2.95. The Morgan fingerprint density at radius 2 is 1.64 bits per heavy atom. The molecule has 0 atom stereocenters. The van der Waals surface area contributed by atoms with Crippen molar-refractivity contribution >= 4 is 5.91 Å². The second-order valence-electron chi connectivity index (χ2n) is 4.82. The van der Waals surface area contributed by atoms with Crippen LogP contribution in [0.2, 0.25) is 0 Å². The van der Waals surface area contributed by atoms with E-state index in [9.17, 15) is 4.79 Å². The van der Waals surface area contributed by atoms with Gasteiger partial charge >= 0.3 is 0 Å². The van der Waals surface area contributed by atoms with Crippen LogP contribution in [-0.4, -0.2) is 12.5 Å². The second kappa shape index (κ2) is 7.84. The van der Waals surface area contributed by atoms with E-state index in [2.05, 4.69) is 33.0 Å². The van der Waals surface area contributed by atoms with Crippen molar-refractivity contribution in [1.82, 2.24) is 5.32 Å². The first-order valence-electron chi connectivity index (χ1n) is 5.79. The summed E-state index contributed by atoms with van der Waals surface area (Å²) in [6.45, 7) is 9.55. The lowest BCUT2D eigenvalue weighted by Gasteiger charge is -2.07. The van der Waals surface area contributed by atoms with Gasteiger partial charge in [-0.15, -0.1) is 0 Å². The van der Waals surface area contributed by atoms with E-state index >= 15 is 0 Å². The van der Waals surface area contributed by atoms with E-state index in [1.165, 1.54) is 6.42 Å². The fraction of sp³-hybridized carbons (Fsp3) is 0.917. The summed E-state index contributed by atoms with van der Waals surface area (Å²) >= 11 is 0. The Kier molecular flexibility index (Phi) is 7.54. The molecule has 0 aliphatic rings. The lowest BCUT2D eigenvalue weighted by Crippen LogP contribution is -2.24. The van der Waals surface area contributed by atoms with Crippen LogP contribution >= 0.6 is 0 Å². The summed E-state index contributed by atoms with van der Waals surface area (Å²) in [6, 6.07) is 0. The Bertz CT molecular complexity index is 152. The standard InChI is InChI=1S/C12H25NO/c1-10(2)6-5-9-13-12(14)8-7-11(3)4/h10-11H,5-9H2,1-4H3,(H,13,14). The molecule has 0 aliphatic heterocycles. The molecule has 0 aromatic rings. The van der Waals surface area contributed by atoms with E-state index in [1.54, 1.807) is 0 Å². The average molecular weight is 199 g/mol. The van der Waals surface area contributed by atoms with Gasteiger partial charge in [-0.1, -0.05) is 27.7 Å². The molecule has 0 spiro atoms. The summed E-state index contributed by atoms with van der Waals surface area (Å²) in [4.78, 5) is 11.3. The predicted molar refractivity (Wildman–Crippen MR) is 61.2 cm³/mol. The minimum Gasteiger partial charge on any atom is -0.356 e. The van der Waals surface area contributed by atoms with E-state index in [4.69, 9.17) is 0 Å². The molecule has 0 aliphatic carbocycles. The Morgan fingerprint density at radius 3 is 2.14 bits per heavy atom. The van der Waals surface area contributed by atoms with Crippen LogP contribution in [0.15, 0.2) is 0 Å². The van der Waals surface area contributed by atoms with Crippen LogP contribution in [0.4, 0.5) is 0 Å². The van der Waals surface area contributed by atoms with Crippen molar-refractivity contribution in [2.45, 2.75) is 53.4 Å². The topological polar surface area (TPSA) is 29.1 Å². The highest BCUT2D eigenvalue weighted by atomic mass is 16.1. The van der Waals surface area contributed by atoms with Crippen molar-refractivity contribution < 1.29 is 4.79 Å². The zero-order chi connectivity index (χ0) is 11.0. The molecule has 0 saturated heterocycles. The molecule has 2 nitrogen and oxygen atoms in total. The number of carbonyl (C=O) groups excluding carboxylic acids is 1. The van der Waals surface area contributed by atoms with Crippen LogP contribution in [0.5, 0.6) is 0 Å². The minimum absolute atomic E-state index is 0.211. The van der Waals surface area contributed by atoms with Crippen molar-refractivity contribution in [3.8, 4) is 0 Å². The summed E-state index contributed by atoms with van der Waals surface area (Å²) in [6.07, 6.45) is 3.98. The quantitative estimate of drug-likeness (QED) is 0.627. The molecule has 1 amide bonds. The van der Waals surface area contributed by atoms with Crippen LogP contribution in [0.3, 0.4) is 0 Å². The highest BCUT2D eigenvalue weighted by Crippen LogP contribution is 2.04. The first-order valence-corrected chi connectivity index (χ1v) is 5.79. The molecule has 2 heteroatoms. The van der Waals surface area contributed by atoms with Gasteiger partial charge in [0.15, 0.2) is 0 Å². The van der Waals surface area contributed by atoms with Gasteiger partial charge in [-0.05, 0) is 31.1 Å². The van der Waals surface area contributed by atoms with E-state index < -0.39 is 0 Å². The molecule has 1 N–H and O–H groups in total. The third kappa shape index (κ3) is 9.56. The number of nitrogens with one attached hydrogen (secondary N) is 1. The lowest BCUT2D eigenvalue weighted by molar-refractivity contribution is -0.121. The van der Waals surface area contributed by atoms with Gasteiger partial charge in [0.2, 0.25) is 5.91 Å². The molecule has 0 aromatic carbocycles. The highest BCUT2D eigenvalue weighted by Gasteiger charge is 2.02. The first kappa shape index (κ1) is 13.5. The van der Waals surface area contributed by atoms with Crippen LogP contribution in [-0.2, 0) is 4.79 Å². The zero-order valence-corrected chi connectivity index (χ0v) is 10.1. The van der Waals surface area contributed by atoms with E-state index in [-0.39, 0.29) is 5.91 Å². The molecule has 0 saturated carbocycles. The monoisotopic (exact) mass is 199 g/mol. The van der Waals surface area contributed by atoms with Crippen LogP contribution in [0.25, 0.3) is 0 Å². The second-order valence-corrected chi connectivity index (χ2v) is 4.82. The van der Waals surface area contributed by atoms with Crippen molar-refractivity contribution in [3.63, 3.8) is 0 Å². The van der Waals surface area contributed by atoms with Gasteiger partial charge in [0, 0.05) is 13.0 Å². The maximum absolute atomic E-state index is 11.3. The average Bonchev–Trinajstić information content (AvgIpc) is 2.08. The van der Waals surface area contributed by atoms with Crippen molar-refractivity contribution in [2.24, 2.45) is 11.8 Å². The number of carbonyl (C=O) groups is 1. The number of hydrogen-bond acceptors (Lipinski definition) is 1. The highest BCUT2D eigenvalue weighted by molar-refractivity contribution is 5.75. The Labute approximate surface area is 88.5 Å². The summed E-state index contributed by atoms with van der Waals surface area (Å²) in [7, 11) is 0. The van der Waals surface area contributed by atoms with Crippen molar-refractivity contribution in [2.75, 3.05) is 6.54 Å². The molecule has 0 bridgehead atoms. The third-order valence-corrected chi connectivity index (χ3v) is 2.23. The molecule has 14 heavy (non-hydrogen) atoms. The van der Waals surface area contributed by atoms with Gasteiger partial charge in [-0.25, -0.2) is 0 Å². The Morgan fingerprint density at radius 1 is 1.07 bits per heavy atom. The van der Waals surface area contributed by atoms with Crippen LogP contribution < -0.4 is 5.32 Å².